The van der Waals surface area contributed by atoms with Crippen molar-refractivity contribution in [1.82, 2.24) is 19.9 Å². The summed E-state index contributed by atoms with van der Waals surface area (Å²) in [5.74, 6) is -2.35. The van der Waals surface area contributed by atoms with Gasteiger partial charge in [-0.25, -0.2) is 40.8 Å². The number of imidazole rings is 1. The number of anilines is 2. The lowest BCUT2D eigenvalue weighted by Gasteiger charge is -2.34. The van der Waals surface area contributed by atoms with E-state index in [1.165, 1.54) is 24.8 Å². The molecule has 2 aromatic heterocycles. The maximum atomic E-state index is 14.0. The summed E-state index contributed by atoms with van der Waals surface area (Å²) in [5, 5.41) is 3.08. The highest BCUT2D eigenvalue weighted by molar-refractivity contribution is 7.93. The van der Waals surface area contributed by atoms with Crippen LogP contribution in [0.3, 0.4) is 0 Å². The molecule has 0 bridgehead atoms. The summed E-state index contributed by atoms with van der Waals surface area (Å²) in [5.41, 5.74) is 1.00. The van der Waals surface area contributed by atoms with Gasteiger partial charge in [-0.2, -0.15) is 0 Å². The lowest BCUT2D eigenvalue weighted by Crippen LogP contribution is -2.40. The second kappa shape index (κ2) is 7.59. The molecule has 0 aliphatic carbocycles. The van der Waals surface area contributed by atoms with Crippen molar-refractivity contribution in [2.75, 3.05) is 9.62 Å². The molecule has 0 fully saturated rings. The van der Waals surface area contributed by atoms with E-state index in [2.05, 4.69) is 25.3 Å². The molecule has 168 valence electrons. The molecule has 4 aromatic rings. The first-order valence-corrected chi connectivity index (χ1v) is 11.1. The topological polar surface area (TPSA) is 104 Å². The zero-order chi connectivity index (χ0) is 23.3. The van der Waals surface area contributed by atoms with Crippen molar-refractivity contribution in [3.05, 3.63) is 77.8 Å². The van der Waals surface area contributed by atoms with Gasteiger partial charge < -0.3 is 10.3 Å². The monoisotopic (exact) mass is 472 g/mol. The van der Waals surface area contributed by atoms with E-state index < -0.39 is 33.5 Å². The van der Waals surface area contributed by atoms with Gasteiger partial charge in [0, 0.05) is 6.07 Å². The molecule has 1 atom stereocenters. The smallest absolute Gasteiger partial charge is 0.269 e. The van der Waals surface area contributed by atoms with Crippen LogP contribution in [-0.4, -0.2) is 34.4 Å². The number of rotatable bonds is 4. The van der Waals surface area contributed by atoms with Gasteiger partial charge in [0.1, 0.15) is 29.3 Å². The molecular formula is C21H15F3N6O2S. The summed E-state index contributed by atoms with van der Waals surface area (Å²) in [4.78, 5) is 14.9. The van der Waals surface area contributed by atoms with Crippen LogP contribution in [0.1, 0.15) is 12.5 Å². The zero-order valence-corrected chi connectivity index (χ0v) is 17.7. The highest BCUT2D eigenvalue weighted by atomic mass is 32.2. The number of aromatic amines is 1. The predicted molar refractivity (Wildman–Crippen MR) is 115 cm³/mol. The average Bonchev–Trinajstić information content (AvgIpc) is 3.23. The highest BCUT2D eigenvalue weighted by Gasteiger charge is 2.37. The molecule has 0 saturated heterocycles. The zero-order valence-electron chi connectivity index (χ0n) is 16.9. The Morgan fingerprint density at radius 3 is 2.52 bits per heavy atom. The Kier molecular flexibility index (Phi) is 4.81. The summed E-state index contributed by atoms with van der Waals surface area (Å²) in [6.07, 6.45) is 4.25. The molecule has 0 radical (unpaired) electrons. The molecule has 3 heterocycles. The van der Waals surface area contributed by atoms with Gasteiger partial charge in [0.25, 0.3) is 10.0 Å². The molecule has 0 spiro atoms. The summed E-state index contributed by atoms with van der Waals surface area (Å²) < 4.78 is 69.8. The third-order valence-electron chi connectivity index (χ3n) is 5.13. The first-order chi connectivity index (χ1) is 15.7. The van der Waals surface area contributed by atoms with Crippen molar-refractivity contribution < 1.29 is 21.6 Å². The number of aromatic nitrogens is 4. The van der Waals surface area contributed by atoms with E-state index in [4.69, 9.17) is 0 Å². The first kappa shape index (κ1) is 20.9. The quantitative estimate of drug-likeness (QED) is 0.468. The van der Waals surface area contributed by atoms with E-state index in [1.807, 2.05) is 0 Å². The van der Waals surface area contributed by atoms with Gasteiger partial charge in [0.05, 0.1) is 28.6 Å². The molecule has 0 saturated carbocycles. The van der Waals surface area contributed by atoms with Crippen molar-refractivity contribution in [3.8, 4) is 0 Å². The van der Waals surface area contributed by atoms with E-state index in [1.54, 1.807) is 6.92 Å². The van der Waals surface area contributed by atoms with Gasteiger partial charge in [-0.15, -0.1) is 0 Å². The van der Waals surface area contributed by atoms with E-state index in [-0.39, 0.29) is 21.8 Å². The Labute approximate surface area is 185 Å². The number of fused-ring (bicyclic) bond motifs is 2. The van der Waals surface area contributed by atoms with Gasteiger partial charge in [-0.1, -0.05) is 6.07 Å². The summed E-state index contributed by atoms with van der Waals surface area (Å²) in [6, 6.07) is 5.01. The Bertz CT molecular complexity index is 1520. The Morgan fingerprint density at radius 2 is 1.76 bits per heavy atom. The highest BCUT2D eigenvalue weighted by Crippen LogP contribution is 2.38. The number of sulfonamides is 1. The minimum absolute atomic E-state index is 0.140. The molecule has 1 unspecified atom stereocenters. The van der Waals surface area contributed by atoms with Crippen LogP contribution in [-0.2, 0) is 10.0 Å². The van der Waals surface area contributed by atoms with Crippen LogP contribution in [0.2, 0.25) is 0 Å². The fourth-order valence-electron chi connectivity index (χ4n) is 3.70. The maximum absolute atomic E-state index is 14.0. The Morgan fingerprint density at radius 1 is 1.00 bits per heavy atom. The largest absolute Gasteiger partial charge is 0.360 e. The minimum Gasteiger partial charge on any atom is -0.360 e. The summed E-state index contributed by atoms with van der Waals surface area (Å²) in [7, 11) is -4.41. The van der Waals surface area contributed by atoms with Crippen LogP contribution in [0.15, 0.2) is 59.6 Å². The Balaban J connectivity index is 1.67. The van der Waals surface area contributed by atoms with Crippen molar-refractivity contribution >= 4 is 38.8 Å². The number of H-pyrrole nitrogens is 1. The lowest BCUT2D eigenvalue weighted by atomic mass is 10.1. The van der Waals surface area contributed by atoms with E-state index in [0.717, 1.165) is 28.6 Å². The third kappa shape index (κ3) is 3.57. The number of nitrogens with zero attached hydrogens (tertiary/aromatic N) is 4. The first-order valence-electron chi connectivity index (χ1n) is 9.67. The van der Waals surface area contributed by atoms with Gasteiger partial charge in [0.2, 0.25) is 0 Å². The van der Waals surface area contributed by atoms with Crippen molar-refractivity contribution in [2.24, 2.45) is 0 Å². The molecular weight excluding hydrogens is 457 g/mol. The minimum atomic E-state index is -4.41. The molecule has 2 aromatic carbocycles. The summed E-state index contributed by atoms with van der Waals surface area (Å²) in [6.45, 7) is 1.65. The van der Waals surface area contributed by atoms with Gasteiger partial charge in [-0.05, 0) is 42.8 Å². The third-order valence-corrected chi connectivity index (χ3v) is 6.94. The van der Waals surface area contributed by atoms with Crippen LogP contribution >= 0.6 is 0 Å². The standard InChI is InChI=1S/C21H15F3N6O2S/c1-11(29-21-19-20(26-9-25-19)27-10-28-21)17-4-12-2-3-13(22)8-18(12)33(31,32)30(17)16-6-14(23)5-15(24)7-16/h2-11H,1H3,(H2,25,26,27,28,29). The number of hydrogen-bond acceptors (Lipinski definition) is 6. The molecule has 2 N–H and O–H groups in total. The van der Waals surface area contributed by atoms with Crippen molar-refractivity contribution in [3.63, 3.8) is 0 Å². The number of halogens is 3. The number of hydrogen-bond donors (Lipinski definition) is 2. The number of nitrogens with one attached hydrogen (secondary N) is 2. The molecule has 33 heavy (non-hydrogen) atoms. The summed E-state index contributed by atoms with van der Waals surface area (Å²) >= 11 is 0. The molecule has 0 amide bonds. The molecule has 12 heteroatoms. The van der Waals surface area contributed by atoms with Crippen LogP contribution in [0.5, 0.6) is 0 Å². The molecule has 1 aliphatic heterocycles. The number of benzene rings is 2. The van der Waals surface area contributed by atoms with Crippen LogP contribution in [0.4, 0.5) is 24.7 Å². The second-order valence-corrected chi connectivity index (χ2v) is 9.09. The fourth-order valence-corrected chi connectivity index (χ4v) is 5.45. The molecule has 5 rings (SSSR count). The van der Waals surface area contributed by atoms with Crippen LogP contribution in [0, 0.1) is 17.5 Å². The average molecular weight is 472 g/mol. The second-order valence-electron chi connectivity index (χ2n) is 7.34. The van der Waals surface area contributed by atoms with Crippen LogP contribution in [0.25, 0.3) is 17.2 Å². The van der Waals surface area contributed by atoms with E-state index >= 15 is 0 Å². The SMILES string of the molecule is CC(Nc1ncnc2[nH]cnc12)C1=Cc2ccc(F)cc2S(=O)(=O)N1c1cc(F)cc(F)c1. The van der Waals surface area contributed by atoms with Gasteiger partial charge in [-0.3, -0.25) is 0 Å². The Hall–Kier alpha value is -3.93. The maximum Gasteiger partial charge on any atom is 0.269 e. The van der Waals surface area contributed by atoms with E-state index in [0.29, 0.717) is 23.0 Å². The van der Waals surface area contributed by atoms with Crippen molar-refractivity contribution in [2.45, 2.75) is 17.9 Å². The normalized spacial score (nSPS) is 15.8. The van der Waals surface area contributed by atoms with Crippen molar-refractivity contribution in [1.29, 1.82) is 0 Å². The predicted octanol–water partition coefficient (Wildman–Crippen LogP) is 3.82. The molecule has 1 aliphatic rings. The fraction of sp³-hybridized carbons (Fsp3) is 0.0952. The van der Waals surface area contributed by atoms with Crippen LogP contribution < -0.4 is 9.62 Å². The van der Waals surface area contributed by atoms with Gasteiger partial charge >= 0.3 is 0 Å². The lowest BCUT2D eigenvalue weighted by molar-refractivity contribution is 0.579. The molecule has 8 nitrogen and oxygen atoms in total. The van der Waals surface area contributed by atoms with E-state index in [9.17, 15) is 21.6 Å². The van der Waals surface area contributed by atoms with Gasteiger partial charge in [0.15, 0.2) is 11.5 Å².